The van der Waals surface area contributed by atoms with E-state index in [0.717, 1.165) is 32.7 Å². The molecule has 1 saturated heterocycles. The Balaban J connectivity index is 1.66. The van der Waals surface area contributed by atoms with Gasteiger partial charge in [-0.05, 0) is 50.4 Å². The lowest BCUT2D eigenvalue weighted by Crippen LogP contribution is -2.61. The maximum atomic E-state index is 6.26. The van der Waals surface area contributed by atoms with Crippen LogP contribution in [-0.2, 0) is 4.74 Å². The number of rotatable bonds is 3. The third kappa shape index (κ3) is 2.65. The van der Waals surface area contributed by atoms with Gasteiger partial charge in [0.25, 0.3) is 0 Å². The van der Waals surface area contributed by atoms with Crippen molar-refractivity contribution in [3.63, 3.8) is 0 Å². The summed E-state index contributed by atoms with van der Waals surface area (Å²) in [5.41, 5.74) is 7.25. The highest BCUT2D eigenvalue weighted by molar-refractivity contribution is 5.02. The summed E-state index contributed by atoms with van der Waals surface area (Å²) in [6.07, 6.45) is 12.9. The van der Waals surface area contributed by atoms with E-state index in [1.807, 2.05) is 0 Å². The zero-order valence-corrected chi connectivity index (χ0v) is 13.2. The molecule has 0 aromatic heterocycles. The van der Waals surface area contributed by atoms with E-state index in [0.29, 0.717) is 11.5 Å². The van der Waals surface area contributed by atoms with Gasteiger partial charge in [-0.15, -0.1) is 0 Å². The minimum Gasteiger partial charge on any atom is -0.376 e. The Bertz CT molecular complexity index is 315. The molecule has 3 rings (SSSR count). The lowest BCUT2D eigenvalue weighted by atomic mass is 9.65. The molecule has 0 radical (unpaired) electrons. The van der Waals surface area contributed by atoms with E-state index >= 15 is 0 Å². The smallest absolute Gasteiger partial charge is 0.0700 e. The molecule has 0 bridgehead atoms. The molecule has 2 aliphatic carbocycles. The molecule has 1 atom stereocenters. The van der Waals surface area contributed by atoms with E-state index in [-0.39, 0.29) is 5.54 Å². The van der Waals surface area contributed by atoms with Crippen LogP contribution in [0.3, 0.4) is 0 Å². The average Bonchev–Trinajstić information content (AvgIpc) is 2.97. The largest absolute Gasteiger partial charge is 0.376 e. The number of hydrogen-bond donors (Lipinski definition) is 1. The summed E-state index contributed by atoms with van der Waals surface area (Å²) in [7, 11) is 0. The zero-order chi connectivity index (χ0) is 14.1. The van der Waals surface area contributed by atoms with Gasteiger partial charge in [-0.25, -0.2) is 0 Å². The Kier molecular flexibility index (Phi) is 4.40. The lowest BCUT2D eigenvalue weighted by Gasteiger charge is -2.52. The van der Waals surface area contributed by atoms with E-state index in [4.69, 9.17) is 10.5 Å². The highest BCUT2D eigenvalue weighted by atomic mass is 16.5. The molecule has 2 saturated carbocycles. The summed E-state index contributed by atoms with van der Waals surface area (Å²) < 4.78 is 5.85. The summed E-state index contributed by atoms with van der Waals surface area (Å²) in [4.78, 5) is 2.69. The molecule has 3 heteroatoms. The van der Waals surface area contributed by atoms with E-state index in [1.165, 1.54) is 51.4 Å². The second-order valence-corrected chi connectivity index (χ2v) is 7.48. The van der Waals surface area contributed by atoms with E-state index in [9.17, 15) is 0 Å². The Morgan fingerprint density at radius 3 is 2.40 bits per heavy atom. The van der Waals surface area contributed by atoms with Crippen LogP contribution in [0.4, 0.5) is 0 Å². The third-order valence-electron chi connectivity index (χ3n) is 6.55. The summed E-state index contributed by atoms with van der Waals surface area (Å²) in [5.74, 6) is 0. The third-order valence-corrected chi connectivity index (χ3v) is 6.55. The van der Waals surface area contributed by atoms with Crippen molar-refractivity contribution in [2.45, 2.75) is 76.4 Å². The van der Waals surface area contributed by atoms with Gasteiger partial charge < -0.3 is 10.5 Å². The van der Waals surface area contributed by atoms with Gasteiger partial charge in [0.15, 0.2) is 0 Å². The van der Waals surface area contributed by atoms with Gasteiger partial charge in [0.05, 0.1) is 12.7 Å². The second-order valence-electron chi connectivity index (χ2n) is 7.48. The molecule has 3 fully saturated rings. The number of hydrogen-bond acceptors (Lipinski definition) is 3. The van der Waals surface area contributed by atoms with Gasteiger partial charge in [0, 0.05) is 25.2 Å². The quantitative estimate of drug-likeness (QED) is 0.864. The summed E-state index contributed by atoms with van der Waals surface area (Å²) in [5, 5.41) is 0. The molecule has 0 aromatic carbocycles. The molecule has 0 amide bonds. The number of nitrogens with zero attached hydrogens (tertiary/aromatic N) is 1. The maximum Gasteiger partial charge on any atom is 0.0700 e. The molecule has 1 heterocycles. The first kappa shape index (κ1) is 14.8. The van der Waals surface area contributed by atoms with Crippen LogP contribution in [0.15, 0.2) is 0 Å². The molecular weight excluding hydrogens is 248 g/mol. The molecule has 1 aliphatic heterocycles. The van der Waals surface area contributed by atoms with E-state index < -0.39 is 0 Å². The maximum absolute atomic E-state index is 6.26. The minimum absolute atomic E-state index is 0.283. The number of morpholine rings is 1. The van der Waals surface area contributed by atoms with Crippen molar-refractivity contribution >= 4 is 0 Å². The van der Waals surface area contributed by atoms with Gasteiger partial charge in [-0.3, -0.25) is 4.90 Å². The Labute approximate surface area is 124 Å². The van der Waals surface area contributed by atoms with Crippen molar-refractivity contribution in [1.29, 1.82) is 0 Å². The van der Waals surface area contributed by atoms with Crippen LogP contribution in [0.25, 0.3) is 0 Å². The SMILES string of the molecule is CCC1CN(C2(CN)CCC3(CCCC3)CC2)CCO1. The predicted octanol–water partition coefficient (Wildman–Crippen LogP) is 2.93. The minimum atomic E-state index is 0.283. The monoisotopic (exact) mass is 280 g/mol. The van der Waals surface area contributed by atoms with E-state index in [1.54, 1.807) is 0 Å². The summed E-state index contributed by atoms with van der Waals surface area (Å²) in [6, 6.07) is 0. The van der Waals surface area contributed by atoms with Crippen molar-refractivity contribution in [1.82, 2.24) is 4.90 Å². The molecule has 2 N–H and O–H groups in total. The Hall–Kier alpha value is -0.120. The fourth-order valence-electron chi connectivity index (χ4n) is 4.92. The molecule has 3 nitrogen and oxygen atoms in total. The van der Waals surface area contributed by atoms with Gasteiger partial charge in [0.2, 0.25) is 0 Å². The predicted molar refractivity (Wildman–Crippen MR) is 82.8 cm³/mol. The number of ether oxygens (including phenoxy) is 1. The van der Waals surface area contributed by atoms with Crippen LogP contribution in [0.1, 0.15) is 64.7 Å². The van der Waals surface area contributed by atoms with Crippen LogP contribution in [-0.4, -0.2) is 42.8 Å². The summed E-state index contributed by atoms with van der Waals surface area (Å²) in [6.45, 7) is 6.14. The molecule has 0 aromatic rings. The van der Waals surface area contributed by atoms with Gasteiger partial charge in [-0.2, -0.15) is 0 Å². The molecule has 3 aliphatic rings. The van der Waals surface area contributed by atoms with Crippen LogP contribution in [0.2, 0.25) is 0 Å². The first-order valence-electron chi connectivity index (χ1n) is 8.79. The second kappa shape index (κ2) is 5.94. The molecular formula is C17H32N2O. The van der Waals surface area contributed by atoms with Crippen molar-refractivity contribution in [2.24, 2.45) is 11.1 Å². The highest BCUT2D eigenvalue weighted by Gasteiger charge is 2.46. The van der Waals surface area contributed by atoms with Crippen molar-refractivity contribution < 1.29 is 4.74 Å². The summed E-state index contributed by atoms with van der Waals surface area (Å²) >= 11 is 0. The van der Waals surface area contributed by atoms with Gasteiger partial charge >= 0.3 is 0 Å². The number of nitrogens with two attached hydrogens (primary N) is 1. The average molecular weight is 280 g/mol. The molecule has 1 spiro atoms. The van der Waals surface area contributed by atoms with Crippen LogP contribution in [0, 0.1) is 5.41 Å². The van der Waals surface area contributed by atoms with Gasteiger partial charge in [-0.1, -0.05) is 19.8 Å². The first-order chi connectivity index (χ1) is 9.72. The van der Waals surface area contributed by atoms with Crippen molar-refractivity contribution in [2.75, 3.05) is 26.2 Å². The lowest BCUT2D eigenvalue weighted by molar-refractivity contribution is -0.0871. The van der Waals surface area contributed by atoms with Crippen LogP contribution >= 0.6 is 0 Å². The van der Waals surface area contributed by atoms with Gasteiger partial charge in [0.1, 0.15) is 0 Å². The van der Waals surface area contributed by atoms with Crippen LogP contribution < -0.4 is 5.73 Å². The van der Waals surface area contributed by atoms with E-state index in [2.05, 4.69) is 11.8 Å². The van der Waals surface area contributed by atoms with Crippen LogP contribution in [0.5, 0.6) is 0 Å². The first-order valence-corrected chi connectivity index (χ1v) is 8.79. The zero-order valence-electron chi connectivity index (χ0n) is 13.2. The van der Waals surface area contributed by atoms with Crippen molar-refractivity contribution in [3.05, 3.63) is 0 Å². The molecule has 116 valence electrons. The standard InChI is InChI=1S/C17H32N2O/c1-2-15-13-19(11-12-20-15)17(14-18)9-7-16(8-10-17)5-3-4-6-16/h15H,2-14,18H2,1H3. The fraction of sp³-hybridized carbons (Fsp3) is 1.00. The fourth-order valence-corrected chi connectivity index (χ4v) is 4.92. The normalized spacial score (nSPS) is 33.6. The molecule has 20 heavy (non-hydrogen) atoms. The Morgan fingerprint density at radius 1 is 1.10 bits per heavy atom. The van der Waals surface area contributed by atoms with Crippen molar-refractivity contribution in [3.8, 4) is 0 Å². The molecule has 1 unspecified atom stereocenters. The Morgan fingerprint density at radius 2 is 1.80 bits per heavy atom. The topological polar surface area (TPSA) is 38.5 Å². The highest BCUT2D eigenvalue weighted by Crippen LogP contribution is 2.52.